The van der Waals surface area contributed by atoms with Crippen LogP contribution in [0.25, 0.3) is 0 Å². The van der Waals surface area contributed by atoms with Crippen molar-refractivity contribution in [2.75, 3.05) is 6.54 Å². The fourth-order valence-electron chi connectivity index (χ4n) is 0.558. The van der Waals surface area contributed by atoms with Gasteiger partial charge in [0.15, 0.2) is 0 Å². The largest absolute Gasteiger partial charge is 0.330 e. The van der Waals surface area contributed by atoms with E-state index >= 15 is 0 Å². The molecular formula is C6H15NSi. The topological polar surface area (TPSA) is 26.0 Å². The minimum Gasteiger partial charge on any atom is -0.330 e. The van der Waals surface area contributed by atoms with Gasteiger partial charge in [0.25, 0.3) is 0 Å². The third-order valence-electron chi connectivity index (χ3n) is 1.27. The van der Waals surface area contributed by atoms with E-state index in [2.05, 4.69) is 18.8 Å². The molecule has 8 heavy (non-hydrogen) atoms. The van der Waals surface area contributed by atoms with E-state index in [1.165, 1.54) is 12.5 Å². The Morgan fingerprint density at radius 1 is 1.75 bits per heavy atom. The maximum absolute atomic E-state index is 5.32. The summed E-state index contributed by atoms with van der Waals surface area (Å²) >= 11 is 0. The lowest BCUT2D eigenvalue weighted by atomic mass is 10.5. The molecule has 0 aromatic rings. The molecule has 48 valence electrons. The van der Waals surface area contributed by atoms with E-state index in [4.69, 9.17) is 5.73 Å². The first-order chi connectivity index (χ1) is 3.81. The van der Waals surface area contributed by atoms with Gasteiger partial charge in [0.2, 0.25) is 0 Å². The Labute approximate surface area is 53.2 Å². The van der Waals surface area contributed by atoms with Gasteiger partial charge in [-0.2, -0.15) is 0 Å². The molecule has 0 aromatic heterocycles. The SMILES string of the molecule is C=C[SiH](C)CCCN. The molecule has 2 heteroatoms. The van der Waals surface area contributed by atoms with Crippen LogP contribution in [-0.2, 0) is 0 Å². The third-order valence-corrected chi connectivity index (χ3v) is 3.39. The molecule has 0 bridgehead atoms. The second-order valence-electron chi connectivity index (χ2n) is 2.14. The molecule has 0 heterocycles. The fraction of sp³-hybridized carbons (Fsp3) is 0.667. The van der Waals surface area contributed by atoms with E-state index in [0.29, 0.717) is 0 Å². The zero-order chi connectivity index (χ0) is 6.41. The zero-order valence-corrected chi connectivity index (χ0v) is 6.72. The molecular weight excluding hydrogens is 114 g/mol. The average Bonchev–Trinajstić information content (AvgIpc) is 1.83. The van der Waals surface area contributed by atoms with Crippen molar-refractivity contribution in [2.24, 2.45) is 5.73 Å². The smallest absolute Gasteiger partial charge is 0.0577 e. The maximum Gasteiger partial charge on any atom is 0.0577 e. The Balaban J connectivity index is 2.98. The van der Waals surface area contributed by atoms with E-state index in [0.717, 1.165) is 6.54 Å². The van der Waals surface area contributed by atoms with Crippen LogP contribution in [0.4, 0.5) is 0 Å². The maximum atomic E-state index is 5.32. The molecule has 0 rings (SSSR count). The molecule has 0 saturated heterocycles. The molecule has 1 atom stereocenters. The molecule has 0 amide bonds. The van der Waals surface area contributed by atoms with Crippen LogP contribution in [0.15, 0.2) is 12.3 Å². The molecule has 0 saturated carbocycles. The molecule has 1 nitrogen and oxygen atoms in total. The third kappa shape index (κ3) is 4.09. The minimum absolute atomic E-state index is 0.515. The first-order valence-electron chi connectivity index (χ1n) is 3.14. The molecule has 0 radical (unpaired) electrons. The summed E-state index contributed by atoms with van der Waals surface area (Å²) < 4.78 is 0. The summed E-state index contributed by atoms with van der Waals surface area (Å²) in [5, 5.41) is 0. The second kappa shape index (κ2) is 5.06. The van der Waals surface area contributed by atoms with Gasteiger partial charge in [-0.3, -0.25) is 0 Å². The number of rotatable bonds is 4. The number of hydrogen-bond acceptors (Lipinski definition) is 1. The van der Waals surface area contributed by atoms with E-state index in [-0.39, 0.29) is 0 Å². The van der Waals surface area contributed by atoms with Crippen LogP contribution in [0.3, 0.4) is 0 Å². The molecule has 0 fully saturated rings. The highest BCUT2D eigenvalue weighted by Gasteiger charge is 1.94. The first-order valence-corrected chi connectivity index (χ1v) is 5.77. The van der Waals surface area contributed by atoms with Gasteiger partial charge in [0.05, 0.1) is 8.80 Å². The van der Waals surface area contributed by atoms with Gasteiger partial charge in [0, 0.05) is 0 Å². The van der Waals surface area contributed by atoms with Crippen molar-refractivity contribution < 1.29 is 0 Å². The van der Waals surface area contributed by atoms with E-state index < -0.39 is 8.80 Å². The Morgan fingerprint density at radius 2 is 2.38 bits per heavy atom. The quantitative estimate of drug-likeness (QED) is 0.561. The summed E-state index contributed by atoms with van der Waals surface area (Å²) in [6.45, 7) is 6.87. The Kier molecular flexibility index (Phi) is 5.01. The standard InChI is InChI=1S/C6H15NSi/c1-3-8(2)6-4-5-7/h3,8H,1,4-7H2,2H3. The molecule has 2 N–H and O–H groups in total. The molecule has 0 aliphatic rings. The van der Waals surface area contributed by atoms with Crippen LogP contribution in [0.2, 0.25) is 12.6 Å². The average molecular weight is 129 g/mol. The summed E-state index contributed by atoms with van der Waals surface area (Å²) in [7, 11) is -0.515. The van der Waals surface area contributed by atoms with Crippen molar-refractivity contribution in [3.63, 3.8) is 0 Å². The Morgan fingerprint density at radius 3 is 2.75 bits per heavy atom. The van der Waals surface area contributed by atoms with Crippen LogP contribution < -0.4 is 5.73 Å². The van der Waals surface area contributed by atoms with Gasteiger partial charge in [-0.05, 0) is 13.0 Å². The van der Waals surface area contributed by atoms with Gasteiger partial charge in [-0.25, -0.2) is 0 Å². The van der Waals surface area contributed by atoms with E-state index in [9.17, 15) is 0 Å². The van der Waals surface area contributed by atoms with Crippen molar-refractivity contribution in [3.8, 4) is 0 Å². The highest BCUT2D eigenvalue weighted by atomic mass is 28.3. The van der Waals surface area contributed by atoms with Gasteiger partial charge in [-0.1, -0.05) is 12.6 Å². The Bertz CT molecular complexity index is 63.5. The fourth-order valence-corrected chi connectivity index (χ4v) is 1.67. The zero-order valence-electron chi connectivity index (χ0n) is 5.56. The van der Waals surface area contributed by atoms with Crippen molar-refractivity contribution >= 4 is 8.80 Å². The molecule has 0 aliphatic heterocycles. The predicted octanol–water partition coefficient (Wildman–Crippen LogP) is 0.917. The summed E-state index contributed by atoms with van der Waals surface area (Å²) in [6, 6.07) is 1.32. The molecule has 1 unspecified atom stereocenters. The monoisotopic (exact) mass is 129 g/mol. The van der Waals surface area contributed by atoms with Crippen LogP contribution in [0, 0.1) is 0 Å². The lowest BCUT2D eigenvalue weighted by Gasteiger charge is -1.99. The van der Waals surface area contributed by atoms with Crippen molar-refractivity contribution in [2.45, 2.75) is 19.0 Å². The van der Waals surface area contributed by atoms with Crippen molar-refractivity contribution in [3.05, 3.63) is 12.3 Å². The predicted molar refractivity (Wildman–Crippen MR) is 41.7 cm³/mol. The highest BCUT2D eigenvalue weighted by molar-refractivity contribution is 6.62. The number of nitrogens with two attached hydrogens (primary N) is 1. The van der Waals surface area contributed by atoms with Crippen LogP contribution >= 0.6 is 0 Å². The van der Waals surface area contributed by atoms with Crippen LogP contribution in [0.5, 0.6) is 0 Å². The number of hydrogen-bond donors (Lipinski definition) is 1. The summed E-state index contributed by atoms with van der Waals surface area (Å²) in [6.07, 6.45) is 1.18. The normalized spacial score (nSPS) is 13.2. The van der Waals surface area contributed by atoms with Crippen molar-refractivity contribution in [1.29, 1.82) is 0 Å². The van der Waals surface area contributed by atoms with Crippen LogP contribution in [0.1, 0.15) is 6.42 Å². The molecule has 0 spiro atoms. The van der Waals surface area contributed by atoms with Crippen molar-refractivity contribution in [1.82, 2.24) is 0 Å². The first kappa shape index (κ1) is 7.92. The van der Waals surface area contributed by atoms with Gasteiger partial charge in [-0.15, -0.1) is 12.3 Å². The van der Waals surface area contributed by atoms with Gasteiger partial charge in [0.1, 0.15) is 0 Å². The van der Waals surface area contributed by atoms with Gasteiger partial charge < -0.3 is 5.73 Å². The van der Waals surface area contributed by atoms with E-state index in [1.807, 2.05) is 0 Å². The highest BCUT2D eigenvalue weighted by Crippen LogP contribution is 1.95. The summed E-state index contributed by atoms with van der Waals surface area (Å²) in [5.74, 6) is 0. The van der Waals surface area contributed by atoms with E-state index in [1.54, 1.807) is 0 Å². The Hall–Kier alpha value is -0.0831. The summed E-state index contributed by atoms with van der Waals surface area (Å²) in [4.78, 5) is 0. The van der Waals surface area contributed by atoms with Crippen LogP contribution in [-0.4, -0.2) is 15.3 Å². The second-order valence-corrected chi connectivity index (χ2v) is 5.15. The lowest BCUT2D eigenvalue weighted by molar-refractivity contribution is 0.922. The molecule has 0 aromatic carbocycles. The summed E-state index contributed by atoms with van der Waals surface area (Å²) in [5.41, 5.74) is 7.43. The minimum atomic E-state index is -0.515. The molecule has 0 aliphatic carbocycles. The van der Waals surface area contributed by atoms with Gasteiger partial charge >= 0.3 is 0 Å². The lowest BCUT2D eigenvalue weighted by Crippen LogP contribution is -2.06.